The van der Waals surface area contributed by atoms with E-state index in [1.54, 1.807) is 13.1 Å². The monoisotopic (exact) mass is 315 g/mol. The molecule has 0 aliphatic carbocycles. The van der Waals surface area contributed by atoms with Gasteiger partial charge in [-0.25, -0.2) is 0 Å². The van der Waals surface area contributed by atoms with Gasteiger partial charge in [0.05, 0.1) is 0 Å². The lowest BCUT2D eigenvalue weighted by molar-refractivity contribution is 0.0483. The molecule has 1 atom stereocenters. The van der Waals surface area contributed by atoms with E-state index < -0.39 is 0 Å². The minimum absolute atomic E-state index is 0.0308. The molecule has 122 valence electrons. The van der Waals surface area contributed by atoms with Gasteiger partial charge in [0.15, 0.2) is 5.82 Å². The Kier molecular flexibility index (Phi) is 4.38. The molecule has 2 aromatic rings. The second-order valence-corrected chi connectivity index (χ2v) is 5.79. The standard InChI is InChI=1S/C16H21N5O2/c1-4-12-6-5-7-17-14(12)16(22)21-9-8-20(3)13(10-21)15-18-11(2)19-23-15/h5-7,13H,4,8-10H2,1-3H3/t13-/m0/s1. The van der Waals surface area contributed by atoms with Crippen molar-refractivity contribution < 1.29 is 9.32 Å². The fourth-order valence-electron chi connectivity index (χ4n) is 2.84. The first-order valence-corrected chi connectivity index (χ1v) is 7.83. The molecule has 0 unspecified atom stereocenters. The van der Waals surface area contributed by atoms with E-state index in [1.807, 2.05) is 31.0 Å². The van der Waals surface area contributed by atoms with E-state index in [0.717, 1.165) is 18.5 Å². The van der Waals surface area contributed by atoms with Crippen molar-refractivity contribution >= 4 is 5.91 Å². The first-order valence-electron chi connectivity index (χ1n) is 7.83. The molecule has 7 heteroatoms. The Hall–Kier alpha value is -2.28. The van der Waals surface area contributed by atoms with Crippen LogP contribution in [-0.4, -0.2) is 57.5 Å². The molecule has 1 aliphatic rings. The van der Waals surface area contributed by atoms with Gasteiger partial charge in [0, 0.05) is 25.8 Å². The zero-order valence-electron chi connectivity index (χ0n) is 13.7. The summed E-state index contributed by atoms with van der Waals surface area (Å²) in [7, 11) is 2.00. The van der Waals surface area contributed by atoms with Crippen molar-refractivity contribution in [3.8, 4) is 0 Å². The Balaban J connectivity index is 1.82. The predicted molar refractivity (Wildman–Crippen MR) is 83.9 cm³/mol. The molecule has 3 heterocycles. The van der Waals surface area contributed by atoms with Gasteiger partial charge >= 0.3 is 0 Å². The largest absolute Gasteiger partial charge is 0.338 e. The van der Waals surface area contributed by atoms with Crippen molar-refractivity contribution in [3.63, 3.8) is 0 Å². The third kappa shape index (κ3) is 3.10. The van der Waals surface area contributed by atoms with E-state index in [9.17, 15) is 4.79 Å². The third-order valence-corrected chi connectivity index (χ3v) is 4.24. The number of hydrogen-bond acceptors (Lipinski definition) is 6. The fraction of sp³-hybridized carbons (Fsp3) is 0.500. The minimum Gasteiger partial charge on any atom is -0.338 e. The van der Waals surface area contributed by atoms with Crippen molar-refractivity contribution in [3.05, 3.63) is 41.3 Å². The van der Waals surface area contributed by atoms with E-state index in [2.05, 4.69) is 20.0 Å². The summed E-state index contributed by atoms with van der Waals surface area (Å²) in [4.78, 5) is 25.4. The van der Waals surface area contributed by atoms with Gasteiger partial charge in [-0.3, -0.25) is 14.7 Å². The number of carbonyl (C=O) groups is 1. The molecule has 2 aromatic heterocycles. The first-order chi connectivity index (χ1) is 11.1. The van der Waals surface area contributed by atoms with Crippen molar-refractivity contribution in [1.82, 2.24) is 24.9 Å². The number of aromatic nitrogens is 3. The van der Waals surface area contributed by atoms with Gasteiger partial charge in [-0.15, -0.1) is 0 Å². The molecule has 0 bridgehead atoms. The van der Waals surface area contributed by atoms with Crippen LogP contribution in [0.2, 0.25) is 0 Å². The Morgan fingerprint density at radius 1 is 1.43 bits per heavy atom. The normalized spacial score (nSPS) is 19.1. The molecule has 1 amide bonds. The predicted octanol–water partition coefficient (Wildman–Crippen LogP) is 1.46. The van der Waals surface area contributed by atoms with Crippen LogP contribution in [0.4, 0.5) is 0 Å². The second-order valence-electron chi connectivity index (χ2n) is 5.79. The minimum atomic E-state index is -0.0808. The molecule has 0 radical (unpaired) electrons. The molecule has 0 aromatic carbocycles. The summed E-state index contributed by atoms with van der Waals surface area (Å²) in [6, 6.07) is 3.74. The van der Waals surface area contributed by atoms with Gasteiger partial charge in [-0.05, 0) is 32.0 Å². The SMILES string of the molecule is CCc1cccnc1C(=O)N1CCN(C)[C@H](c2nc(C)no2)C1. The average Bonchev–Trinajstić information content (AvgIpc) is 3.01. The average molecular weight is 315 g/mol. The lowest BCUT2D eigenvalue weighted by Gasteiger charge is -2.37. The number of rotatable bonds is 3. The van der Waals surface area contributed by atoms with Crippen LogP contribution < -0.4 is 0 Å². The number of carbonyl (C=O) groups excluding carboxylic acids is 1. The van der Waals surface area contributed by atoms with Crippen LogP contribution >= 0.6 is 0 Å². The second kappa shape index (κ2) is 6.45. The van der Waals surface area contributed by atoms with Crippen LogP contribution in [0, 0.1) is 6.92 Å². The van der Waals surface area contributed by atoms with Crippen LogP contribution in [-0.2, 0) is 6.42 Å². The molecule has 1 aliphatic heterocycles. The molecule has 1 saturated heterocycles. The summed E-state index contributed by atoms with van der Waals surface area (Å²) < 4.78 is 5.30. The van der Waals surface area contributed by atoms with Crippen molar-refractivity contribution in [2.24, 2.45) is 0 Å². The van der Waals surface area contributed by atoms with E-state index in [1.165, 1.54) is 0 Å². The van der Waals surface area contributed by atoms with Gasteiger partial charge in [0.25, 0.3) is 5.91 Å². The van der Waals surface area contributed by atoms with Gasteiger partial charge in [0.2, 0.25) is 5.89 Å². The van der Waals surface area contributed by atoms with Gasteiger partial charge < -0.3 is 9.42 Å². The Labute approximate surface area is 135 Å². The molecule has 3 rings (SSSR count). The van der Waals surface area contributed by atoms with Crippen molar-refractivity contribution in [2.45, 2.75) is 26.3 Å². The number of hydrogen-bond donors (Lipinski definition) is 0. The summed E-state index contributed by atoms with van der Waals surface area (Å²) in [5.41, 5.74) is 1.52. The molecule has 7 nitrogen and oxygen atoms in total. The quantitative estimate of drug-likeness (QED) is 0.853. The summed E-state index contributed by atoms with van der Waals surface area (Å²) in [5.74, 6) is 1.13. The number of pyridine rings is 1. The number of aryl methyl sites for hydroxylation is 2. The van der Waals surface area contributed by atoms with E-state index in [-0.39, 0.29) is 11.9 Å². The highest BCUT2D eigenvalue weighted by atomic mass is 16.5. The number of piperazine rings is 1. The highest BCUT2D eigenvalue weighted by Crippen LogP contribution is 2.24. The first kappa shape index (κ1) is 15.6. The zero-order chi connectivity index (χ0) is 16.4. The molecule has 0 saturated carbocycles. The van der Waals surface area contributed by atoms with Crippen molar-refractivity contribution in [1.29, 1.82) is 0 Å². The maximum atomic E-state index is 12.8. The lowest BCUT2D eigenvalue weighted by Crippen LogP contribution is -2.49. The van der Waals surface area contributed by atoms with Gasteiger partial charge in [-0.1, -0.05) is 18.1 Å². The number of likely N-dealkylation sites (N-methyl/N-ethyl adjacent to an activating group) is 1. The summed E-state index contributed by atoms with van der Waals surface area (Å²) >= 11 is 0. The number of nitrogens with zero attached hydrogens (tertiary/aromatic N) is 5. The summed E-state index contributed by atoms with van der Waals surface area (Å²) in [5, 5.41) is 3.85. The highest BCUT2D eigenvalue weighted by molar-refractivity contribution is 5.93. The Morgan fingerprint density at radius 3 is 2.96 bits per heavy atom. The molecular weight excluding hydrogens is 294 g/mol. The van der Waals surface area contributed by atoms with E-state index in [4.69, 9.17) is 4.52 Å². The highest BCUT2D eigenvalue weighted by Gasteiger charge is 2.33. The number of amides is 1. The third-order valence-electron chi connectivity index (χ3n) is 4.24. The van der Waals surface area contributed by atoms with E-state index in [0.29, 0.717) is 30.5 Å². The van der Waals surface area contributed by atoms with Gasteiger partial charge in [0.1, 0.15) is 11.7 Å². The lowest BCUT2D eigenvalue weighted by atomic mass is 10.1. The summed E-state index contributed by atoms with van der Waals surface area (Å²) in [6.45, 7) is 5.77. The molecule has 1 fully saturated rings. The Bertz CT molecular complexity index is 699. The smallest absolute Gasteiger partial charge is 0.272 e. The molecule has 23 heavy (non-hydrogen) atoms. The van der Waals surface area contributed by atoms with Crippen molar-refractivity contribution in [2.75, 3.05) is 26.7 Å². The van der Waals surface area contributed by atoms with E-state index >= 15 is 0 Å². The topological polar surface area (TPSA) is 75.4 Å². The van der Waals surface area contributed by atoms with Crippen LogP contribution in [0.3, 0.4) is 0 Å². The molecular formula is C16H21N5O2. The van der Waals surface area contributed by atoms with Crippen LogP contribution in [0.1, 0.15) is 40.7 Å². The Morgan fingerprint density at radius 2 is 2.26 bits per heavy atom. The molecule has 0 N–H and O–H groups in total. The fourth-order valence-corrected chi connectivity index (χ4v) is 2.84. The van der Waals surface area contributed by atoms with Crippen LogP contribution in [0.15, 0.2) is 22.9 Å². The van der Waals surface area contributed by atoms with Crippen LogP contribution in [0.25, 0.3) is 0 Å². The van der Waals surface area contributed by atoms with Crippen LogP contribution in [0.5, 0.6) is 0 Å². The van der Waals surface area contributed by atoms with Gasteiger partial charge in [-0.2, -0.15) is 4.98 Å². The molecule has 0 spiro atoms. The summed E-state index contributed by atoms with van der Waals surface area (Å²) in [6.07, 6.45) is 2.45. The maximum Gasteiger partial charge on any atom is 0.272 e. The zero-order valence-corrected chi connectivity index (χ0v) is 13.7. The maximum absolute atomic E-state index is 12.8.